The van der Waals surface area contributed by atoms with Crippen LogP contribution in [0.4, 0.5) is 0 Å². The molecule has 3 aromatic rings. The molecule has 1 atom stereocenters. The van der Waals surface area contributed by atoms with E-state index in [1.54, 1.807) is 0 Å². The number of aryl methyl sites for hydroxylation is 3. The van der Waals surface area contributed by atoms with E-state index in [1.807, 2.05) is 36.4 Å². The van der Waals surface area contributed by atoms with Gasteiger partial charge in [0.1, 0.15) is 11.3 Å². The minimum Gasteiger partial charge on any atom is -0.481 e. The average Bonchev–Trinajstić information content (AvgIpc) is 3.14. The van der Waals surface area contributed by atoms with E-state index in [2.05, 4.69) is 17.3 Å². The molecule has 4 rings (SSSR count). The van der Waals surface area contributed by atoms with E-state index >= 15 is 0 Å². The van der Waals surface area contributed by atoms with Crippen LogP contribution in [0, 0.1) is 5.92 Å². The van der Waals surface area contributed by atoms with Crippen LogP contribution in [0.25, 0.3) is 11.0 Å². The molecule has 2 N–H and O–H groups in total. The second kappa shape index (κ2) is 9.16. The van der Waals surface area contributed by atoms with Gasteiger partial charge in [0.05, 0.1) is 11.6 Å². The van der Waals surface area contributed by atoms with E-state index in [0.29, 0.717) is 17.7 Å². The summed E-state index contributed by atoms with van der Waals surface area (Å²) in [5, 5.41) is 23.9. The molecule has 0 fully saturated rings. The maximum absolute atomic E-state index is 11.8. The largest absolute Gasteiger partial charge is 0.481 e. The first-order valence-electron chi connectivity index (χ1n) is 10.7. The van der Waals surface area contributed by atoms with Crippen molar-refractivity contribution in [3.63, 3.8) is 0 Å². The third-order valence-corrected chi connectivity index (χ3v) is 6.06. The smallest absolute Gasteiger partial charge is 0.306 e. The third kappa shape index (κ3) is 4.40. The van der Waals surface area contributed by atoms with Crippen LogP contribution in [0.3, 0.4) is 0 Å². The van der Waals surface area contributed by atoms with Gasteiger partial charge in [-0.1, -0.05) is 47.6 Å². The van der Waals surface area contributed by atoms with E-state index in [0.717, 1.165) is 48.8 Å². The summed E-state index contributed by atoms with van der Waals surface area (Å²) >= 11 is 0. The third-order valence-electron chi connectivity index (χ3n) is 6.06. The van der Waals surface area contributed by atoms with Crippen LogP contribution in [-0.2, 0) is 24.1 Å². The molecular weight excluding hydrogens is 378 g/mol. The molecule has 30 heavy (non-hydrogen) atoms. The number of fused-ring (bicyclic) bond motifs is 3. The van der Waals surface area contributed by atoms with Crippen molar-refractivity contribution in [3.8, 4) is 0 Å². The lowest BCUT2D eigenvalue weighted by Gasteiger charge is -2.13. The van der Waals surface area contributed by atoms with Crippen molar-refractivity contribution in [2.24, 2.45) is 11.1 Å². The summed E-state index contributed by atoms with van der Waals surface area (Å²) in [6, 6.07) is 15.8. The molecule has 156 valence electrons. The molecule has 5 nitrogen and oxygen atoms in total. The van der Waals surface area contributed by atoms with Gasteiger partial charge in [-0.15, -0.1) is 0 Å². The fraction of sp³-hybridized carbons (Fsp3) is 0.360. The minimum absolute atomic E-state index is 0.187. The lowest BCUT2D eigenvalue weighted by atomic mass is 9.91. The Morgan fingerprint density at radius 2 is 1.90 bits per heavy atom. The Bertz CT molecular complexity index is 1050. The molecule has 0 radical (unpaired) electrons. The van der Waals surface area contributed by atoms with Gasteiger partial charge in [0.2, 0.25) is 0 Å². The first-order valence-corrected chi connectivity index (χ1v) is 10.7. The van der Waals surface area contributed by atoms with Crippen molar-refractivity contribution in [2.75, 3.05) is 0 Å². The molecule has 1 aromatic heterocycles. The highest BCUT2D eigenvalue weighted by atomic mass is 16.4. The molecule has 0 spiro atoms. The summed E-state index contributed by atoms with van der Waals surface area (Å²) in [5.41, 5.74) is 4.37. The molecule has 5 heteroatoms. The van der Waals surface area contributed by atoms with Crippen LogP contribution in [0.2, 0.25) is 0 Å². The molecular formula is C25H27NO4. The predicted octanol–water partition coefficient (Wildman–Crippen LogP) is 5.60. The van der Waals surface area contributed by atoms with Gasteiger partial charge in [0.15, 0.2) is 0 Å². The standard InChI is InChI=1S/C25H27NO4/c27-25(28)19(10-6-9-17-7-2-1-3-8-17)15-22(26-29)18-13-14-21-20-11-4-5-12-23(20)30-24(21)16-18/h1-3,7-8,13-14,16,19,29H,4-6,9-12,15H2,(H,27,28)/t19-/m0/s1. The highest BCUT2D eigenvalue weighted by Gasteiger charge is 2.23. The number of furan rings is 1. The summed E-state index contributed by atoms with van der Waals surface area (Å²) in [6.07, 6.45) is 6.63. The fourth-order valence-electron chi connectivity index (χ4n) is 4.40. The number of carboxylic acids is 1. The highest BCUT2D eigenvalue weighted by Crippen LogP contribution is 2.33. The Hall–Kier alpha value is -3.08. The summed E-state index contributed by atoms with van der Waals surface area (Å²) in [6.45, 7) is 0. The van der Waals surface area contributed by atoms with Gasteiger partial charge in [0, 0.05) is 29.4 Å². The predicted molar refractivity (Wildman–Crippen MR) is 116 cm³/mol. The van der Waals surface area contributed by atoms with Gasteiger partial charge >= 0.3 is 5.97 Å². The molecule has 0 unspecified atom stereocenters. The number of hydrogen-bond donors (Lipinski definition) is 2. The van der Waals surface area contributed by atoms with Gasteiger partial charge in [-0.05, 0) is 50.2 Å². The number of benzene rings is 2. The zero-order chi connectivity index (χ0) is 20.9. The Balaban J connectivity index is 1.47. The van der Waals surface area contributed by atoms with E-state index in [1.165, 1.54) is 17.5 Å². The van der Waals surface area contributed by atoms with E-state index in [9.17, 15) is 15.1 Å². The Morgan fingerprint density at radius 1 is 1.10 bits per heavy atom. The molecule has 0 amide bonds. The summed E-state index contributed by atoms with van der Waals surface area (Å²) in [5.74, 6) is -0.404. The van der Waals surface area contributed by atoms with E-state index in [-0.39, 0.29) is 6.42 Å². The van der Waals surface area contributed by atoms with E-state index in [4.69, 9.17) is 4.42 Å². The quantitative estimate of drug-likeness (QED) is 0.290. The number of rotatable bonds is 8. The summed E-state index contributed by atoms with van der Waals surface area (Å²) in [4.78, 5) is 11.8. The molecule has 0 aliphatic heterocycles. The number of hydrogen-bond acceptors (Lipinski definition) is 4. The second-order valence-electron chi connectivity index (χ2n) is 8.09. The van der Waals surface area contributed by atoms with Gasteiger partial charge in [-0.3, -0.25) is 4.79 Å². The van der Waals surface area contributed by atoms with Crippen LogP contribution < -0.4 is 0 Å². The van der Waals surface area contributed by atoms with Gasteiger partial charge in [-0.25, -0.2) is 0 Å². The zero-order valence-electron chi connectivity index (χ0n) is 17.0. The Kier molecular flexibility index (Phi) is 6.17. The van der Waals surface area contributed by atoms with Crippen molar-refractivity contribution >= 4 is 22.7 Å². The Morgan fingerprint density at radius 3 is 2.67 bits per heavy atom. The van der Waals surface area contributed by atoms with Crippen molar-refractivity contribution < 1.29 is 19.5 Å². The molecule has 0 saturated carbocycles. The Labute approximate surface area is 176 Å². The topological polar surface area (TPSA) is 83.0 Å². The molecule has 1 heterocycles. The molecule has 1 aliphatic carbocycles. The molecule has 0 saturated heterocycles. The highest BCUT2D eigenvalue weighted by molar-refractivity contribution is 6.04. The first-order chi connectivity index (χ1) is 14.7. The van der Waals surface area contributed by atoms with Gasteiger partial charge < -0.3 is 14.7 Å². The number of oxime groups is 1. The summed E-state index contributed by atoms with van der Waals surface area (Å²) < 4.78 is 6.04. The molecule has 0 bridgehead atoms. The zero-order valence-corrected chi connectivity index (χ0v) is 17.0. The van der Waals surface area contributed by atoms with E-state index < -0.39 is 11.9 Å². The SMILES string of the molecule is O=C(O)[C@@H](CCCc1ccccc1)CC(=NO)c1ccc2c3c(oc2c1)CCCC3. The summed E-state index contributed by atoms with van der Waals surface area (Å²) in [7, 11) is 0. The van der Waals surface area contributed by atoms with Gasteiger partial charge in [-0.2, -0.15) is 0 Å². The maximum atomic E-state index is 11.8. The molecule has 2 aromatic carbocycles. The van der Waals surface area contributed by atoms with Crippen LogP contribution >= 0.6 is 0 Å². The minimum atomic E-state index is -0.862. The molecule has 1 aliphatic rings. The number of carbonyl (C=O) groups is 1. The van der Waals surface area contributed by atoms with Gasteiger partial charge in [0.25, 0.3) is 0 Å². The monoisotopic (exact) mass is 405 g/mol. The van der Waals surface area contributed by atoms with Crippen molar-refractivity contribution in [2.45, 2.75) is 51.4 Å². The van der Waals surface area contributed by atoms with Crippen LogP contribution in [-0.4, -0.2) is 22.0 Å². The lowest BCUT2D eigenvalue weighted by molar-refractivity contribution is -0.141. The number of carboxylic acid groups (broad SMARTS) is 1. The van der Waals surface area contributed by atoms with Crippen molar-refractivity contribution in [1.29, 1.82) is 0 Å². The first kappa shape index (κ1) is 20.2. The lowest BCUT2D eigenvalue weighted by Crippen LogP contribution is -2.19. The fourth-order valence-corrected chi connectivity index (χ4v) is 4.40. The second-order valence-corrected chi connectivity index (χ2v) is 8.09. The number of aliphatic carboxylic acids is 1. The number of nitrogens with zero attached hydrogens (tertiary/aromatic N) is 1. The van der Waals surface area contributed by atoms with Crippen molar-refractivity contribution in [1.82, 2.24) is 0 Å². The van der Waals surface area contributed by atoms with Crippen LogP contribution in [0.5, 0.6) is 0 Å². The average molecular weight is 405 g/mol. The van der Waals surface area contributed by atoms with Crippen molar-refractivity contribution in [3.05, 3.63) is 71.0 Å². The maximum Gasteiger partial charge on any atom is 0.306 e. The normalized spacial score (nSPS) is 15.1. The van der Waals surface area contributed by atoms with Crippen LogP contribution in [0.1, 0.15) is 54.6 Å². The van der Waals surface area contributed by atoms with Crippen LogP contribution in [0.15, 0.2) is 58.1 Å².